The molecule has 1 aromatic heterocycles. The van der Waals surface area contributed by atoms with Gasteiger partial charge in [0.2, 0.25) is 5.91 Å². The first kappa shape index (κ1) is 13.0. The van der Waals surface area contributed by atoms with Crippen molar-refractivity contribution in [2.75, 3.05) is 11.2 Å². The van der Waals surface area contributed by atoms with E-state index < -0.39 is 0 Å². The first-order chi connectivity index (χ1) is 7.58. The van der Waals surface area contributed by atoms with Gasteiger partial charge in [0.1, 0.15) is 5.88 Å². The van der Waals surface area contributed by atoms with Crippen LogP contribution < -0.4 is 5.32 Å². The van der Waals surface area contributed by atoms with E-state index in [-0.39, 0.29) is 11.8 Å². The van der Waals surface area contributed by atoms with Crippen molar-refractivity contribution >= 4 is 23.2 Å². The van der Waals surface area contributed by atoms with Gasteiger partial charge < -0.3 is 5.32 Å². The topological polar surface area (TPSA) is 46.9 Å². The molecule has 0 spiro atoms. The Balaban J connectivity index is 2.85. The predicted molar refractivity (Wildman–Crippen MR) is 65.8 cm³/mol. The number of carbonyl (C=O) groups is 1. The number of alkyl halides is 1. The molecule has 0 saturated heterocycles. The summed E-state index contributed by atoms with van der Waals surface area (Å²) in [5.41, 5.74) is 1.82. The average molecular weight is 244 g/mol. The van der Waals surface area contributed by atoms with E-state index in [0.717, 1.165) is 24.3 Å². The fourth-order valence-corrected chi connectivity index (χ4v) is 1.64. The van der Waals surface area contributed by atoms with Gasteiger partial charge in [0.05, 0.1) is 17.6 Å². The van der Waals surface area contributed by atoms with Crippen LogP contribution in [-0.4, -0.2) is 21.6 Å². The zero-order chi connectivity index (χ0) is 12.1. The van der Waals surface area contributed by atoms with Gasteiger partial charge in [-0.2, -0.15) is 5.10 Å². The summed E-state index contributed by atoms with van der Waals surface area (Å²) in [6.07, 6.45) is 2.52. The van der Waals surface area contributed by atoms with Crippen molar-refractivity contribution in [3.8, 4) is 0 Å². The number of nitrogens with one attached hydrogen (secondary N) is 1. The molecule has 0 fully saturated rings. The number of aromatic nitrogens is 2. The van der Waals surface area contributed by atoms with E-state index in [1.54, 1.807) is 6.20 Å². The van der Waals surface area contributed by atoms with Crippen LogP contribution in [0.15, 0.2) is 6.20 Å². The minimum Gasteiger partial charge on any atom is -0.322 e. The van der Waals surface area contributed by atoms with Crippen molar-refractivity contribution in [3.63, 3.8) is 0 Å². The molecule has 1 rings (SSSR count). The predicted octanol–water partition coefficient (Wildman–Crippen LogP) is 2.28. The van der Waals surface area contributed by atoms with Gasteiger partial charge in [0.15, 0.2) is 0 Å². The van der Waals surface area contributed by atoms with Gasteiger partial charge in [-0.1, -0.05) is 20.8 Å². The van der Waals surface area contributed by atoms with Crippen LogP contribution >= 0.6 is 11.6 Å². The molecule has 0 aliphatic heterocycles. The normalized spacial score (nSPS) is 10.8. The second-order valence-corrected chi connectivity index (χ2v) is 4.38. The summed E-state index contributed by atoms with van der Waals surface area (Å²) in [5.74, 6) is 0.306. The SMILES string of the molecule is CCc1c(NC(=O)CCl)cnn1CC(C)C. The first-order valence-corrected chi connectivity index (χ1v) is 6.02. The number of carbonyl (C=O) groups excluding carboxylic acids is 1. The summed E-state index contributed by atoms with van der Waals surface area (Å²) in [4.78, 5) is 11.2. The Morgan fingerprint density at radius 2 is 2.31 bits per heavy atom. The van der Waals surface area contributed by atoms with Gasteiger partial charge in [-0.05, 0) is 12.3 Å². The van der Waals surface area contributed by atoms with E-state index in [4.69, 9.17) is 11.6 Å². The van der Waals surface area contributed by atoms with Crippen LogP contribution in [-0.2, 0) is 17.8 Å². The van der Waals surface area contributed by atoms with Crippen molar-refractivity contribution < 1.29 is 4.79 Å². The molecule has 4 nitrogen and oxygen atoms in total. The molecule has 0 atom stereocenters. The van der Waals surface area contributed by atoms with Crippen molar-refractivity contribution in [3.05, 3.63) is 11.9 Å². The number of hydrogen-bond donors (Lipinski definition) is 1. The van der Waals surface area contributed by atoms with Gasteiger partial charge in [0, 0.05) is 6.54 Å². The highest BCUT2D eigenvalue weighted by atomic mass is 35.5. The van der Waals surface area contributed by atoms with Gasteiger partial charge in [0.25, 0.3) is 0 Å². The molecule has 1 aromatic rings. The van der Waals surface area contributed by atoms with Crippen LogP contribution in [0.25, 0.3) is 0 Å². The Labute approximate surface area is 101 Å². The maximum Gasteiger partial charge on any atom is 0.239 e. The van der Waals surface area contributed by atoms with E-state index in [1.165, 1.54) is 0 Å². The van der Waals surface area contributed by atoms with Gasteiger partial charge in [-0.15, -0.1) is 11.6 Å². The first-order valence-electron chi connectivity index (χ1n) is 5.49. The Kier molecular flexibility index (Phi) is 4.80. The molecule has 0 unspecified atom stereocenters. The minimum atomic E-state index is -0.194. The highest BCUT2D eigenvalue weighted by molar-refractivity contribution is 6.29. The number of amides is 1. The van der Waals surface area contributed by atoms with E-state index in [0.29, 0.717) is 5.92 Å². The molecule has 16 heavy (non-hydrogen) atoms. The fourth-order valence-electron chi connectivity index (χ4n) is 1.57. The van der Waals surface area contributed by atoms with Gasteiger partial charge in [-0.3, -0.25) is 9.48 Å². The number of nitrogens with zero attached hydrogens (tertiary/aromatic N) is 2. The molecule has 0 aliphatic carbocycles. The second-order valence-electron chi connectivity index (χ2n) is 4.12. The Hall–Kier alpha value is -1.03. The molecular weight excluding hydrogens is 226 g/mol. The Morgan fingerprint density at radius 3 is 2.81 bits per heavy atom. The molecule has 0 saturated carbocycles. The minimum absolute atomic E-state index is 0.0293. The third kappa shape index (κ3) is 3.23. The highest BCUT2D eigenvalue weighted by Crippen LogP contribution is 2.17. The lowest BCUT2D eigenvalue weighted by Crippen LogP contribution is -2.15. The second kappa shape index (κ2) is 5.89. The summed E-state index contributed by atoms with van der Waals surface area (Å²) in [6, 6.07) is 0. The van der Waals surface area contributed by atoms with Crippen LogP contribution in [0.3, 0.4) is 0 Å². The highest BCUT2D eigenvalue weighted by Gasteiger charge is 2.11. The summed E-state index contributed by atoms with van der Waals surface area (Å²) in [5, 5.41) is 7.02. The van der Waals surface area contributed by atoms with E-state index in [9.17, 15) is 4.79 Å². The van der Waals surface area contributed by atoms with Crippen LogP contribution in [0.2, 0.25) is 0 Å². The third-order valence-electron chi connectivity index (χ3n) is 2.22. The zero-order valence-corrected chi connectivity index (χ0v) is 10.7. The summed E-state index contributed by atoms with van der Waals surface area (Å²) >= 11 is 5.45. The maximum absolute atomic E-state index is 11.2. The molecule has 1 N–H and O–H groups in total. The molecule has 1 heterocycles. The molecule has 0 bridgehead atoms. The van der Waals surface area contributed by atoms with Gasteiger partial charge in [-0.25, -0.2) is 0 Å². The maximum atomic E-state index is 11.2. The van der Waals surface area contributed by atoms with Gasteiger partial charge >= 0.3 is 0 Å². The van der Waals surface area contributed by atoms with Crippen LogP contribution in [0.1, 0.15) is 26.5 Å². The zero-order valence-electron chi connectivity index (χ0n) is 9.96. The monoisotopic (exact) mass is 243 g/mol. The number of hydrogen-bond acceptors (Lipinski definition) is 2. The summed E-state index contributed by atoms with van der Waals surface area (Å²) in [7, 11) is 0. The van der Waals surface area contributed by atoms with Crippen LogP contribution in [0.4, 0.5) is 5.69 Å². The van der Waals surface area contributed by atoms with Crippen LogP contribution in [0.5, 0.6) is 0 Å². The summed E-state index contributed by atoms with van der Waals surface area (Å²) < 4.78 is 1.94. The molecule has 0 radical (unpaired) electrons. The van der Waals surface area contributed by atoms with E-state index >= 15 is 0 Å². The molecule has 90 valence electrons. The lowest BCUT2D eigenvalue weighted by Gasteiger charge is -2.10. The molecule has 0 aliphatic rings. The smallest absolute Gasteiger partial charge is 0.239 e. The Bertz CT molecular complexity index is 360. The molecular formula is C11H18ClN3O. The number of rotatable bonds is 5. The standard InChI is InChI=1S/C11H18ClN3O/c1-4-10-9(14-11(16)5-12)6-13-15(10)7-8(2)3/h6,8H,4-5,7H2,1-3H3,(H,14,16). The largest absolute Gasteiger partial charge is 0.322 e. The molecule has 0 aromatic carbocycles. The number of anilines is 1. The van der Waals surface area contributed by atoms with Crippen LogP contribution in [0, 0.1) is 5.92 Å². The lowest BCUT2D eigenvalue weighted by molar-refractivity contribution is -0.113. The summed E-state index contributed by atoms with van der Waals surface area (Å²) in [6.45, 7) is 7.18. The average Bonchev–Trinajstić information content (AvgIpc) is 2.59. The van der Waals surface area contributed by atoms with Crippen molar-refractivity contribution in [2.24, 2.45) is 5.92 Å². The quantitative estimate of drug-likeness (QED) is 0.807. The molecule has 1 amide bonds. The third-order valence-corrected chi connectivity index (χ3v) is 2.46. The van der Waals surface area contributed by atoms with Crippen molar-refractivity contribution in [1.82, 2.24) is 9.78 Å². The number of halogens is 1. The fraction of sp³-hybridized carbons (Fsp3) is 0.636. The van der Waals surface area contributed by atoms with Crippen molar-refractivity contribution in [2.45, 2.75) is 33.7 Å². The van der Waals surface area contributed by atoms with E-state index in [1.807, 2.05) is 11.6 Å². The Morgan fingerprint density at radius 1 is 1.62 bits per heavy atom. The molecule has 5 heteroatoms. The van der Waals surface area contributed by atoms with E-state index in [2.05, 4.69) is 24.3 Å². The van der Waals surface area contributed by atoms with Crippen molar-refractivity contribution in [1.29, 1.82) is 0 Å². The lowest BCUT2D eigenvalue weighted by atomic mass is 10.2.